The van der Waals surface area contributed by atoms with E-state index in [0.29, 0.717) is 0 Å². The van der Waals surface area contributed by atoms with E-state index in [0.717, 1.165) is 34.2 Å². The van der Waals surface area contributed by atoms with E-state index in [1.54, 1.807) is 12.5 Å². The minimum Gasteiger partial charge on any atom is -0.305 e. The van der Waals surface area contributed by atoms with Gasteiger partial charge >= 0.3 is 0 Å². The van der Waals surface area contributed by atoms with Gasteiger partial charge < -0.3 is 4.57 Å². The topological polar surface area (TPSA) is 43.6 Å². The van der Waals surface area contributed by atoms with E-state index in [1.165, 1.54) is 5.56 Å². The molecule has 0 aliphatic rings. The Morgan fingerprint density at radius 3 is 2.57 bits per heavy atom. The summed E-state index contributed by atoms with van der Waals surface area (Å²) in [5, 5.41) is 0. The number of pyridine rings is 1. The molecule has 0 aliphatic heterocycles. The van der Waals surface area contributed by atoms with E-state index >= 15 is 0 Å². The zero-order valence-electron chi connectivity index (χ0n) is 11.7. The molecule has 0 saturated carbocycles. The van der Waals surface area contributed by atoms with Crippen LogP contribution in [0.3, 0.4) is 0 Å². The number of aromatic nitrogens is 4. The molecule has 4 aromatic rings. The van der Waals surface area contributed by atoms with Crippen molar-refractivity contribution >= 4 is 22.1 Å². The fourth-order valence-corrected chi connectivity index (χ4v) is 2.72. The first-order valence-corrected chi connectivity index (χ1v) is 7.03. The van der Waals surface area contributed by atoms with Crippen molar-refractivity contribution in [1.29, 1.82) is 0 Å². The van der Waals surface area contributed by atoms with Crippen LogP contribution in [0.2, 0.25) is 0 Å². The molecular formula is C17H14N4. The van der Waals surface area contributed by atoms with Crippen LogP contribution < -0.4 is 0 Å². The first kappa shape index (κ1) is 12.0. The van der Waals surface area contributed by atoms with Crippen LogP contribution in [0.5, 0.6) is 0 Å². The highest BCUT2D eigenvalue weighted by molar-refractivity contribution is 6.04. The molecule has 0 aliphatic carbocycles. The van der Waals surface area contributed by atoms with Crippen molar-refractivity contribution in [3.63, 3.8) is 0 Å². The molecule has 0 N–H and O–H groups in total. The lowest BCUT2D eigenvalue weighted by molar-refractivity contribution is 1.11. The van der Waals surface area contributed by atoms with E-state index in [2.05, 4.69) is 56.8 Å². The molecule has 1 aromatic carbocycles. The molecule has 0 bridgehead atoms. The Morgan fingerprint density at radius 1 is 0.952 bits per heavy atom. The van der Waals surface area contributed by atoms with Crippen LogP contribution in [0.15, 0.2) is 55.1 Å². The highest BCUT2D eigenvalue weighted by Gasteiger charge is 2.13. The van der Waals surface area contributed by atoms with Gasteiger partial charge in [0.05, 0.1) is 17.2 Å². The Morgan fingerprint density at radius 2 is 1.76 bits per heavy atom. The molecule has 0 radical (unpaired) electrons. The average Bonchev–Trinajstić information content (AvgIpc) is 2.90. The SMILES string of the molecule is CCc1ccc(-n2c3cccnc3c3ncncc32)cc1. The standard InChI is InChI=1S/C17H14N4/c1-2-12-5-7-13(8-6-12)21-14-4-3-9-19-16(14)17-15(21)10-18-11-20-17/h3-11H,2H2,1H3. The quantitative estimate of drug-likeness (QED) is 0.561. The smallest absolute Gasteiger partial charge is 0.118 e. The number of hydrogen-bond acceptors (Lipinski definition) is 3. The number of rotatable bonds is 2. The fraction of sp³-hybridized carbons (Fsp3) is 0.118. The van der Waals surface area contributed by atoms with Crippen LogP contribution in [0.1, 0.15) is 12.5 Å². The van der Waals surface area contributed by atoms with Crippen LogP contribution in [-0.2, 0) is 6.42 Å². The van der Waals surface area contributed by atoms with E-state index in [4.69, 9.17) is 0 Å². The summed E-state index contributed by atoms with van der Waals surface area (Å²) in [6.45, 7) is 2.16. The maximum atomic E-state index is 4.48. The van der Waals surface area contributed by atoms with E-state index in [9.17, 15) is 0 Å². The Bertz CT molecular complexity index is 869. The first-order chi connectivity index (χ1) is 10.4. The van der Waals surface area contributed by atoms with Crippen molar-refractivity contribution in [1.82, 2.24) is 19.5 Å². The number of nitrogens with zero attached hydrogens (tertiary/aromatic N) is 4. The third-order valence-electron chi connectivity index (χ3n) is 3.79. The van der Waals surface area contributed by atoms with E-state index in [1.807, 2.05) is 12.3 Å². The van der Waals surface area contributed by atoms with Crippen LogP contribution in [0.4, 0.5) is 0 Å². The van der Waals surface area contributed by atoms with Gasteiger partial charge in [0.1, 0.15) is 17.4 Å². The summed E-state index contributed by atoms with van der Waals surface area (Å²) in [5.41, 5.74) is 6.27. The predicted octanol–water partition coefficient (Wildman–Crippen LogP) is 3.53. The summed E-state index contributed by atoms with van der Waals surface area (Å²) in [7, 11) is 0. The monoisotopic (exact) mass is 274 g/mol. The van der Waals surface area contributed by atoms with Crippen molar-refractivity contribution in [2.45, 2.75) is 13.3 Å². The fourth-order valence-electron chi connectivity index (χ4n) is 2.72. The zero-order valence-corrected chi connectivity index (χ0v) is 11.7. The van der Waals surface area contributed by atoms with E-state index < -0.39 is 0 Å². The molecule has 0 fully saturated rings. The summed E-state index contributed by atoms with van der Waals surface area (Å²) in [5.74, 6) is 0. The Labute approximate surface area is 122 Å². The lowest BCUT2D eigenvalue weighted by atomic mass is 10.1. The van der Waals surface area contributed by atoms with Crippen LogP contribution in [0, 0.1) is 0 Å². The van der Waals surface area contributed by atoms with Crippen LogP contribution in [0.25, 0.3) is 27.8 Å². The second kappa shape index (κ2) is 4.66. The molecule has 0 unspecified atom stereocenters. The number of hydrogen-bond donors (Lipinski definition) is 0. The summed E-state index contributed by atoms with van der Waals surface area (Å²) in [4.78, 5) is 13.0. The molecule has 0 atom stereocenters. The maximum absolute atomic E-state index is 4.48. The third kappa shape index (κ3) is 1.80. The molecule has 21 heavy (non-hydrogen) atoms. The normalized spacial score (nSPS) is 11.3. The van der Waals surface area contributed by atoms with Gasteiger partial charge in [-0.3, -0.25) is 4.98 Å². The molecule has 0 saturated heterocycles. The van der Waals surface area contributed by atoms with Gasteiger partial charge in [0.15, 0.2) is 0 Å². The third-order valence-corrected chi connectivity index (χ3v) is 3.79. The largest absolute Gasteiger partial charge is 0.305 e. The van der Waals surface area contributed by atoms with Crippen LogP contribution in [-0.4, -0.2) is 19.5 Å². The van der Waals surface area contributed by atoms with Crippen molar-refractivity contribution in [2.24, 2.45) is 0 Å². The Hall–Kier alpha value is -2.75. The lowest BCUT2D eigenvalue weighted by Gasteiger charge is -2.07. The highest BCUT2D eigenvalue weighted by Crippen LogP contribution is 2.28. The summed E-state index contributed by atoms with van der Waals surface area (Å²) < 4.78 is 2.16. The summed E-state index contributed by atoms with van der Waals surface area (Å²) >= 11 is 0. The first-order valence-electron chi connectivity index (χ1n) is 7.03. The van der Waals surface area contributed by atoms with Gasteiger partial charge in [0, 0.05) is 11.9 Å². The molecule has 0 spiro atoms. The molecule has 4 nitrogen and oxygen atoms in total. The molecule has 102 valence electrons. The Kier molecular flexibility index (Phi) is 2.67. The van der Waals surface area contributed by atoms with Crippen molar-refractivity contribution in [3.05, 3.63) is 60.7 Å². The molecule has 4 heteroatoms. The van der Waals surface area contributed by atoms with Gasteiger partial charge in [-0.2, -0.15) is 0 Å². The van der Waals surface area contributed by atoms with Gasteiger partial charge in [-0.05, 0) is 36.2 Å². The van der Waals surface area contributed by atoms with Gasteiger partial charge in [0.25, 0.3) is 0 Å². The number of aryl methyl sites for hydroxylation is 1. The van der Waals surface area contributed by atoms with E-state index in [-0.39, 0.29) is 0 Å². The van der Waals surface area contributed by atoms with Gasteiger partial charge in [-0.25, -0.2) is 9.97 Å². The minimum absolute atomic E-state index is 0.889. The molecule has 3 aromatic heterocycles. The van der Waals surface area contributed by atoms with Gasteiger partial charge in [-0.15, -0.1) is 0 Å². The van der Waals surface area contributed by atoms with Crippen molar-refractivity contribution in [3.8, 4) is 5.69 Å². The van der Waals surface area contributed by atoms with Gasteiger partial charge in [-0.1, -0.05) is 19.1 Å². The van der Waals surface area contributed by atoms with Crippen LogP contribution >= 0.6 is 0 Å². The predicted molar refractivity (Wildman–Crippen MR) is 83.5 cm³/mol. The molecule has 4 rings (SSSR count). The maximum Gasteiger partial charge on any atom is 0.118 e. The molecule has 3 heterocycles. The molecular weight excluding hydrogens is 260 g/mol. The lowest BCUT2D eigenvalue weighted by Crippen LogP contribution is -1.94. The molecule has 0 amide bonds. The van der Waals surface area contributed by atoms with Crippen molar-refractivity contribution in [2.75, 3.05) is 0 Å². The average molecular weight is 274 g/mol. The Balaban J connectivity index is 2.09. The zero-order chi connectivity index (χ0) is 14.2. The minimum atomic E-state index is 0.889. The van der Waals surface area contributed by atoms with Gasteiger partial charge in [0.2, 0.25) is 0 Å². The number of benzene rings is 1. The second-order valence-corrected chi connectivity index (χ2v) is 4.98. The summed E-state index contributed by atoms with van der Waals surface area (Å²) in [6, 6.07) is 12.6. The van der Waals surface area contributed by atoms with Crippen molar-refractivity contribution < 1.29 is 0 Å². The second-order valence-electron chi connectivity index (χ2n) is 4.98. The number of fused-ring (bicyclic) bond motifs is 3. The highest BCUT2D eigenvalue weighted by atomic mass is 15.0. The summed E-state index contributed by atoms with van der Waals surface area (Å²) in [6.07, 6.45) is 6.26.